The molecule has 2 heteroatoms. The molecule has 2 rings (SSSR count). The first-order valence-electron chi connectivity index (χ1n) is 7.77. The molecule has 18 heavy (non-hydrogen) atoms. The van der Waals surface area contributed by atoms with Crippen LogP contribution in [0, 0.1) is 11.3 Å². The second kappa shape index (κ2) is 5.63. The molecule has 1 atom stereocenters. The van der Waals surface area contributed by atoms with E-state index < -0.39 is 0 Å². The molecule has 1 aliphatic heterocycles. The van der Waals surface area contributed by atoms with Gasteiger partial charge in [-0.1, -0.05) is 40.0 Å². The van der Waals surface area contributed by atoms with E-state index in [0.717, 1.165) is 12.5 Å². The predicted octanol–water partition coefficient (Wildman–Crippen LogP) is 3.99. The van der Waals surface area contributed by atoms with Gasteiger partial charge < -0.3 is 4.90 Å². The van der Waals surface area contributed by atoms with Gasteiger partial charge in [0.05, 0.1) is 0 Å². The van der Waals surface area contributed by atoms with Crippen molar-refractivity contribution in [3.05, 3.63) is 0 Å². The Labute approximate surface area is 112 Å². The zero-order chi connectivity index (χ0) is 13.2. The summed E-state index contributed by atoms with van der Waals surface area (Å²) in [4.78, 5) is 14.7. The van der Waals surface area contributed by atoms with E-state index in [1.807, 2.05) is 0 Å². The highest BCUT2D eigenvalue weighted by molar-refractivity contribution is 5.77. The largest absolute Gasteiger partial charge is 0.339 e. The molecule has 2 fully saturated rings. The van der Waals surface area contributed by atoms with Crippen LogP contribution in [-0.4, -0.2) is 23.4 Å². The average Bonchev–Trinajstić information content (AvgIpc) is 2.76. The Morgan fingerprint density at radius 1 is 1.06 bits per heavy atom. The van der Waals surface area contributed by atoms with Gasteiger partial charge in [-0.3, -0.25) is 4.79 Å². The first-order chi connectivity index (χ1) is 8.47. The minimum Gasteiger partial charge on any atom is -0.339 e. The summed E-state index contributed by atoms with van der Waals surface area (Å²) in [5.74, 6) is 1.20. The van der Waals surface area contributed by atoms with Crippen molar-refractivity contribution in [2.24, 2.45) is 11.3 Å². The highest BCUT2D eigenvalue weighted by Crippen LogP contribution is 2.35. The Balaban J connectivity index is 1.96. The maximum atomic E-state index is 12.4. The molecule has 0 aromatic carbocycles. The molecular formula is C16H29NO. The summed E-state index contributed by atoms with van der Waals surface area (Å²) in [6, 6.07) is 0.570. The Bertz CT molecular complexity index is 286. The maximum absolute atomic E-state index is 12.4. The SMILES string of the molecule is CC(C)(C)CC(=O)N1CCCC1C1CCCCC1. The summed E-state index contributed by atoms with van der Waals surface area (Å²) in [5.41, 5.74) is 0.122. The van der Waals surface area contributed by atoms with Gasteiger partial charge in [0.2, 0.25) is 5.91 Å². The van der Waals surface area contributed by atoms with Gasteiger partial charge in [-0.2, -0.15) is 0 Å². The molecule has 2 nitrogen and oxygen atoms in total. The van der Waals surface area contributed by atoms with Gasteiger partial charge in [0.15, 0.2) is 0 Å². The second-order valence-electron chi connectivity index (χ2n) is 7.43. The summed E-state index contributed by atoms with van der Waals surface area (Å²) >= 11 is 0. The number of amides is 1. The number of likely N-dealkylation sites (tertiary alicyclic amines) is 1. The lowest BCUT2D eigenvalue weighted by atomic mass is 9.82. The first kappa shape index (κ1) is 13.9. The Morgan fingerprint density at radius 3 is 2.33 bits per heavy atom. The van der Waals surface area contributed by atoms with Crippen LogP contribution in [0.2, 0.25) is 0 Å². The quantitative estimate of drug-likeness (QED) is 0.726. The van der Waals surface area contributed by atoms with Crippen molar-refractivity contribution in [1.82, 2.24) is 4.90 Å². The third-order valence-electron chi connectivity index (χ3n) is 4.50. The van der Waals surface area contributed by atoms with E-state index in [2.05, 4.69) is 25.7 Å². The zero-order valence-corrected chi connectivity index (χ0v) is 12.4. The van der Waals surface area contributed by atoms with Crippen molar-refractivity contribution in [2.75, 3.05) is 6.54 Å². The van der Waals surface area contributed by atoms with Crippen LogP contribution in [0.4, 0.5) is 0 Å². The van der Waals surface area contributed by atoms with E-state index in [4.69, 9.17) is 0 Å². The molecule has 0 N–H and O–H groups in total. The summed E-state index contributed by atoms with van der Waals surface area (Å²) in [6.45, 7) is 7.50. The predicted molar refractivity (Wildman–Crippen MR) is 75.4 cm³/mol. The third-order valence-corrected chi connectivity index (χ3v) is 4.50. The third kappa shape index (κ3) is 3.49. The Hall–Kier alpha value is -0.530. The molecule has 0 radical (unpaired) electrons. The molecular weight excluding hydrogens is 222 g/mol. The maximum Gasteiger partial charge on any atom is 0.223 e. The van der Waals surface area contributed by atoms with Gasteiger partial charge in [0.25, 0.3) is 0 Å². The molecule has 1 amide bonds. The van der Waals surface area contributed by atoms with Gasteiger partial charge in [-0.15, -0.1) is 0 Å². The smallest absolute Gasteiger partial charge is 0.223 e. The van der Waals surface area contributed by atoms with E-state index in [1.54, 1.807) is 0 Å². The molecule has 1 heterocycles. The number of rotatable bonds is 2. The van der Waals surface area contributed by atoms with Gasteiger partial charge in [0.1, 0.15) is 0 Å². The fraction of sp³-hybridized carbons (Fsp3) is 0.938. The number of nitrogens with zero attached hydrogens (tertiary/aromatic N) is 1. The summed E-state index contributed by atoms with van der Waals surface area (Å²) in [7, 11) is 0. The van der Waals surface area contributed by atoms with E-state index in [1.165, 1.54) is 44.9 Å². The van der Waals surface area contributed by atoms with Crippen LogP contribution in [0.5, 0.6) is 0 Å². The molecule has 2 aliphatic rings. The number of hydrogen-bond donors (Lipinski definition) is 0. The lowest BCUT2D eigenvalue weighted by Crippen LogP contribution is -2.42. The molecule has 0 spiro atoms. The van der Waals surface area contributed by atoms with Gasteiger partial charge in [0, 0.05) is 19.0 Å². The molecule has 1 aliphatic carbocycles. The van der Waals surface area contributed by atoms with Crippen LogP contribution in [0.15, 0.2) is 0 Å². The van der Waals surface area contributed by atoms with Crippen LogP contribution in [0.3, 0.4) is 0 Å². The van der Waals surface area contributed by atoms with Crippen LogP contribution in [0.1, 0.15) is 72.1 Å². The van der Waals surface area contributed by atoms with E-state index in [0.29, 0.717) is 18.4 Å². The monoisotopic (exact) mass is 251 g/mol. The molecule has 104 valence electrons. The fourth-order valence-electron chi connectivity index (χ4n) is 3.67. The average molecular weight is 251 g/mol. The van der Waals surface area contributed by atoms with Crippen molar-refractivity contribution >= 4 is 5.91 Å². The van der Waals surface area contributed by atoms with E-state index in [-0.39, 0.29) is 5.41 Å². The molecule has 0 bridgehead atoms. The van der Waals surface area contributed by atoms with Crippen LogP contribution >= 0.6 is 0 Å². The minimum atomic E-state index is 0.122. The highest BCUT2D eigenvalue weighted by atomic mass is 16.2. The Kier molecular flexibility index (Phi) is 4.34. The normalized spacial score (nSPS) is 26.6. The van der Waals surface area contributed by atoms with Crippen LogP contribution in [-0.2, 0) is 4.79 Å². The first-order valence-corrected chi connectivity index (χ1v) is 7.77. The molecule has 0 aromatic rings. The topological polar surface area (TPSA) is 20.3 Å². The lowest BCUT2D eigenvalue weighted by Gasteiger charge is -2.35. The van der Waals surface area contributed by atoms with Gasteiger partial charge in [-0.05, 0) is 37.0 Å². The van der Waals surface area contributed by atoms with Crippen LogP contribution in [0.25, 0.3) is 0 Å². The second-order valence-corrected chi connectivity index (χ2v) is 7.43. The Morgan fingerprint density at radius 2 is 1.72 bits per heavy atom. The molecule has 1 saturated heterocycles. The fourth-order valence-corrected chi connectivity index (χ4v) is 3.67. The number of hydrogen-bond acceptors (Lipinski definition) is 1. The number of carbonyl (C=O) groups excluding carboxylic acids is 1. The zero-order valence-electron chi connectivity index (χ0n) is 12.4. The van der Waals surface area contributed by atoms with Crippen molar-refractivity contribution in [3.8, 4) is 0 Å². The lowest BCUT2D eigenvalue weighted by molar-refractivity contribution is -0.135. The molecule has 0 aromatic heterocycles. The van der Waals surface area contributed by atoms with E-state index >= 15 is 0 Å². The number of carbonyl (C=O) groups is 1. The summed E-state index contributed by atoms with van der Waals surface area (Å²) < 4.78 is 0. The molecule has 1 unspecified atom stereocenters. The van der Waals surface area contributed by atoms with Crippen molar-refractivity contribution in [3.63, 3.8) is 0 Å². The van der Waals surface area contributed by atoms with Gasteiger partial charge in [-0.25, -0.2) is 0 Å². The molecule has 1 saturated carbocycles. The highest BCUT2D eigenvalue weighted by Gasteiger charge is 2.35. The van der Waals surface area contributed by atoms with Crippen LogP contribution < -0.4 is 0 Å². The standard InChI is InChI=1S/C16H29NO/c1-16(2,3)12-15(18)17-11-7-10-14(17)13-8-5-4-6-9-13/h13-14H,4-12H2,1-3H3. The van der Waals surface area contributed by atoms with Crippen molar-refractivity contribution < 1.29 is 4.79 Å². The van der Waals surface area contributed by atoms with Crippen molar-refractivity contribution in [1.29, 1.82) is 0 Å². The minimum absolute atomic E-state index is 0.122. The summed E-state index contributed by atoms with van der Waals surface area (Å²) in [5, 5.41) is 0. The van der Waals surface area contributed by atoms with Gasteiger partial charge >= 0.3 is 0 Å². The van der Waals surface area contributed by atoms with Crippen molar-refractivity contribution in [2.45, 2.75) is 78.2 Å². The van der Waals surface area contributed by atoms with E-state index in [9.17, 15) is 4.79 Å². The summed E-state index contributed by atoms with van der Waals surface area (Å²) in [6.07, 6.45) is 10.0.